The first-order valence-electron chi connectivity index (χ1n) is 8.89. The molecule has 0 amide bonds. The Kier molecular flexibility index (Phi) is 4.77. The van der Waals surface area contributed by atoms with Crippen LogP contribution in [-0.4, -0.2) is 0 Å². The van der Waals surface area contributed by atoms with Crippen LogP contribution in [-0.2, 0) is 19.3 Å². The first kappa shape index (κ1) is 18.7. The van der Waals surface area contributed by atoms with Crippen molar-refractivity contribution >= 4 is 17.1 Å². The number of azo groups is 1. The normalized spacial score (nSPS) is 13.5. The average Bonchev–Trinajstić information content (AvgIpc) is 3.16. The Balaban J connectivity index is 1.63. The lowest BCUT2D eigenvalue weighted by atomic mass is 10.1. The highest BCUT2D eigenvalue weighted by atomic mass is 19.4. The van der Waals surface area contributed by atoms with E-state index in [4.69, 9.17) is 5.26 Å². The van der Waals surface area contributed by atoms with Gasteiger partial charge >= 0.3 is 6.18 Å². The highest BCUT2D eigenvalue weighted by molar-refractivity contribution is 5.61. The van der Waals surface area contributed by atoms with Gasteiger partial charge < -0.3 is 4.90 Å². The highest BCUT2D eigenvalue weighted by Crippen LogP contribution is 2.40. The third-order valence-corrected chi connectivity index (χ3v) is 4.76. The Hall–Kier alpha value is -3.66. The van der Waals surface area contributed by atoms with Crippen LogP contribution in [0.1, 0.15) is 22.3 Å². The van der Waals surface area contributed by atoms with E-state index >= 15 is 0 Å². The van der Waals surface area contributed by atoms with E-state index in [0.717, 1.165) is 17.2 Å². The van der Waals surface area contributed by atoms with Crippen molar-refractivity contribution in [3.8, 4) is 6.07 Å². The number of hydrogen-bond acceptors (Lipinski definition) is 4. The molecule has 144 valence electrons. The minimum Gasteiger partial charge on any atom is -0.363 e. The number of halogens is 3. The van der Waals surface area contributed by atoms with Gasteiger partial charge in [-0.25, -0.2) is 0 Å². The van der Waals surface area contributed by atoms with E-state index in [-0.39, 0.29) is 5.69 Å². The van der Waals surface area contributed by atoms with Gasteiger partial charge in [0.25, 0.3) is 0 Å². The number of nitriles is 1. The van der Waals surface area contributed by atoms with Crippen LogP contribution in [0.3, 0.4) is 0 Å². The highest BCUT2D eigenvalue weighted by Gasteiger charge is 2.35. The summed E-state index contributed by atoms with van der Waals surface area (Å²) in [5, 5.41) is 16.5. The molecule has 4 nitrogen and oxygen atoms in total. The molecule has 0 radical (unpaired) electrons. The molecule has 3 aromatic carbocycles. The minimum absolute atomic E-state index is 0.248. The van der Waals surface area contributed by atoms with Crippen molar-refractivity contribution < 1.29 is 13.2 Å². The molecule has 0 aliphatic carbocycles. The Morgan fingerprint density at radius 3 is 2.10 bits per heavy atom. The van der Waals surface area contributed by atoms with Crippen LogP contribution in [0.2, 0.25) is 0 Å². The molecule has 0 atom stereocenters. The summed E-state index contributed by atoms with van der Waals surface area (Å²) in [4.78, 5) is 1.90. The second kappa shape index (κ2) is 7.40. The van der Waals surface area contributed by atoms with Gasteiger partial charge in [-0.05, 0) is 53.6 Å². The average molecular weight is 392 g/mol. The zero-order valence-electron chi connectivity index (χ0n) is 15.2. The molecule has 29 heavy (non-hydrogen) atoms. The molecule has 1 heterocycles. The van der Waals surface area contributed by atoms with Gasteiger partial charge in [0.15, 0.2) is 0 Å². The van der Waals surface area contributed by atoms with Crippen molar-refractivity contribution in [2.45, 2.75) is 19.3 Å². The van der Waals surface area contributed by atoms with Crippen molar-refractivity contribution in [1.82, 2.24) is 0 Å². The monoisotopic (exact) mass is 392 g/mol. The largest absolute Gasteiger partial charge is 0.418 e. The quantitative estimate of drug-likeness (QED) is 0.477. The minimum atomic E-state index is -4.55. The molecular formula is C22H15F3N4. The molecular weight excluding hydrogens is 377 g/mol. The van der Waals surface area contributed by atoms with Gasteiger partial charge in [-0.3, -0.25) is 0 Å². The van der Waals surface area contributed by atoms with Crippen LogP contribution in [0.25, 0.3) is 0 Å². The van der Waals surface area contributed by atoms with E-state index in [9.17, 15) is 13.2 Å². The molecule has 0 unspecified atom stereocenters. The van der Waals surface area contributed by atoms with E-state index in [1.807, 2.05) is 35.2 Å². The SMILES string of the molecule is N#Cc1ccc(N=Nc2ccc(N3Cc4ccccc4C3)cc2C(F)(F)F)cc1. The van der Waals surface area contributed by atoms with Gasteiger partial charge in [-0.15, -0.1) is 5.11 Å². The zero-order valence-corrected chi connectivity index (χ0v) is 15.2. The maximum atomic E-state index is 13.6. The molecule has 3 aromatic rings. The van der Waals surface area contributed by atoms with E-state index in [1.165, 1.54) is 30.3 Å². The van der Waals surface area contributed by atoms with Crippen LogP contribution in [0, 0.1) is 11.3 Å². The maximum absolute atomic E-state index is 13.6. The van der Waals surface area contributed by atoms with Gasteiger partial charge in [0, 0.05) is 18.8 Å². The summed E-state index contributed by atoms with van der Waals surface area (Å²) in [6, 6.07) is 20.0. The molecule has 1 aliphatic heterocycles. The van der Waals surface area contributed by atoms with Gasteiger partial charge in [0.2, 0.25) is 0 Å². The molecule has 7 heteroatoms. The smallest absolute Gasteiger partial charge is 0.363 e. The Morgan fingerprint density at radius 1 is 0.862 bits per heavy atom. The summed E-state index contributed by atoms with van der Waals surface area (Å²) in [6.45, 7) is 1.14. The van der Waals surface area contributed by atoms with E-state index in [1.54, 1.807) is 6.07 Å². The lowest BCUT2D eigenvalue weighted by Gasteiger charge is -2.20. The molecule has 0 N–H and O–H groups in total. The van der Waals surface area contributed by atoms with E-state index < -0.39 is 11.7 Å². The van der Waals surface area contributed by atoms with Crippen LogP contribution >= 0.6 is 0 Å². The third-order valence-electron chi connectivity index (χ3n) is 4.76. The lowest BCUT2D eigenvalue weighted by molar-refractivity contribution is -0.137. The second-order valence-electron chi connectivity index (χ2n) is 6.68. The molecule has 0 spiro atoms. The van der Waals surface area contributed by atoms with Crippen LogP contribution < -0.4 is 4.90 Å². The predicted molar refractivity (Wildman–Crippen MR) is 103 cm³/mol. The fourth-order valence-corrected chi connectivity index (χ4v) is 3.26. The Labute approximate surface area is 165 Å². The summed E-state index contributed by atoms with van der Waals surface area (Å²) in [7, 11) is 0. The Bertz CT molecular complexity index is 1090. The fraction of sp³-hybridized carbons (Fsp3) is 0.136. The first-order chi connectivity index (χ1) is 13.9. The topological polar surface area (TPSA) is 51.8 Å². The zero-order chi connectivity index (χ0) is 20.4. The first-order valence-corrected chi connectivity index (χ1v) is 8.89. The standard InChI is InChI=1S/C22H15F3N4/c23-22(24,25)20-11-19(29-13-16-3-1-2-4-17(16)14-29)9-10-21(20)28-27-18-7-5-15(12-26)6-8-18/h1-11H,13-14H2. The van der Waals surface area contributed by atoms with Crippen molar-refractivity contribution in [2.24, 2.45) is 10.2 Å². The number of alkyl halides is 3. The van der Waals surface area contributed by atoms with Gasteiger partial charge in [0.05, 0.1) is 28.6 Å². The van der Waals surface area contributed by atoms with Crippen molar-refractivity contribution in [3.63, 3.8) is 0 Å². The van der Waals surface area contributed by atoms with Crippen molar-refractivity contribution in [2.75, 3.05) is 4.90 Å². The molecule has 0 fully saturated rings. The Morgan fingerprint density at radius 2 is 1.52 bits per heavy atom. The number of benzene rings is 3. The maximum Gasteiger partial charge on any atom is 0.418 e. The predicted octanol–water partition coefficient (Wildman–Crippen LogP) is 6.51. The summed E-state index contributed by atoms with van der Waals surface area (Å²) >= 11 is 0. The number of rotatable bonds is 3. The third kappa shape index (κ3) is 3.97. The molecule has 4 rings (SSSR count). The molecule has 0 aromatic heterocycles. The van der Waals surface area contributed by atoms with Crippen molar-refractivity contribution in [1.29, 1.82) is 5.26 Å². The summed E-state index contributed by atoms with van der Waals surface area (Å²) in [5.41, 5.74) is 2.46. The summed E-state index contributed by atoms with van der Waals surface area (Å²) in [6.07, 6.45) is -4.55. The van der Waals surface area contributed by atoms with E-state index in [2.05, 4.69) is 10.2 Å². The lowest BCUT2D eigenvalue weighted by Crippen LogP contribution is -2.16. The molecule has 0 bridgehead atoms. The van der Waals surface area contributed by atoms with Gasteiger partial charge in [0.1, 0.15) is 0 Å². The van der Waals surface area contributed by atoms with Crippen LogP contribution in [0.5, 0.6) is 0 Å². The number of nitrogens with zero attached hydrogens (tertiary/aromatic N) is 4. The number of fused-ring (bicyclic) bond motifs is 1. The molecule has 1 aliphatic rings. The van der Waals surface area contributed by atoms with E-state index in [0.29, 0.717) is 30.0 Å². The summed E-state index contributed by atoms with van der Waals surface area (Å²) in [5.74, 6) is 0. The fourth-order valence-electron chi connectivity index (χ4n) is 3.26. The van der Waals surface area contributed by atoms with Crippen LogP contribution in [0.4, 0.5) is 30.2 Å². The number of hydrogen-bond donors (Lipinski definition) is 0. The summed E-state index contributed by atoms with van der Waals surface area (Å²) < 4.78 is 40.9. The number of anilines is 1. The van der Waals surface area contributed by atoms with Gasteiger partial charge in [-0.1, -0.05) is 24.3 Å². The van der Waals surface area contributed by atoms with Gasteiger partial charge in [-0.2, -0.15) is 23.5 Å². The molecule has 0 saturated heterocycles. The second-order valence-corrected chi connectivity index (χ2v) is 6.68. The van der Waals surface area contributed by atoms with Crippen molar-refractivity contribution in [3.05, 3.63) is 89.0 Å². The molecule has 0 saturated carbocycles. The van der Waals surface area contributed by atoms with Crippen LogP contribution in [0.15, 0.2) is 77.0 Å².